The van der Waals surface area contributed by atoms with E-state index in [-0.39, 0.29) is 12.5 Å². The van der Waals surface area contributed by atoms with Gasteiger partial charge in [-0.05, 0) is 26.1 Å². The number of hydrogen-bond donors (Lipinski definition) is 1. The number of aromatic nitrogens is 1. The fraction of sp³-hybridized carbons (Fsp3) is 0.467. The van der Waals surface area contributed by atoms with Crippen molar-refractivity contribution >= 4 is 5.91 Å². The molecule has 0 unspecified atom stereocenters. The summed E-state index contributed by atoms with van der Waals surface area (Å²) in [5.41, 5.74) is 6.66. The Kier molecular flexibility index (Phi) is 5.10. The fourth-order valence-electron chi connectivity index (χ4n) is 2.25. The molecule has 1 aromatic rings. The monoisotopic (exact) mass is 272 g/mol. The number of carbonyl (C=O) groups is 1. The maximum Gasteiger partial charge on any atom is 0.255 e. The molecule has 0 aromatic carbocycles. The third-order valence-electron chi connectivity index (χ3n) is 3.38. The van der Waals surface area contributed by atoms with Gasteiger partial charge in [0.1, 0.15) is 0 Å². The summed E-state index contributed by atoms with van der Waals surface area (Å²) >= 11 is 0. The van der Waals surface area contributed by atoms with Crippen LogP contribution in [0.3, 0.4) is 0 Å². The first-order valence-electron chi connectivity index (χ1n) is 6.83. The minimum atomic E-state index is 0.0315. The third kappa shape index (κ3) is 3.56. The van der Waals surface area contributed by atoms with Gasteiger partial charge in [-0.3, -0.25) is 9.78 Å². The normalized spacial score (nSPS) is 16.2. The SMILES string of the molecule is CN1CCCN(C(=O)c2ccncc2C#CCN)CC1. The Hall–Kier alpha value is -1.90. The third-order valence-corrected chi connectivity index (χ3v) is 3.38. The van der Waals surface area contributed by atoms with Gasteiger partial charge in [0.25, 0.3) is 5.91 Å². The predicted octanol–water partition coefficient (Wildman–Crippen LogP) is 0.170. The van der Waals surface area contributed by atoms with Crippen LogP contribution in [0.5, 0.6) is 0 Å². The summed E-state index contributed by atoms with van der Waals surface area (Å²) in [6.45, 7) is 3.74. The zero-order valence-corrected chi connectivity index (χ0v) is 11.8. The number of pyridine rings is 1. The van der Waals surface area contributed by atoms with Gasteiger partial charge in [-0.15, -0.1) is 0 Å². The molecule has 0 radical (unpaired) electrons. The molecule has 1 amide bonds. The number of likely N-dealkylation sites (N-methyl/N-ethyl adjacent to an activating group) is 1. The van der Waals surface area contributed by atoms with Crippen molar-refractivity contribution in [2.75, 3.05) is 39.8 Å². The minimum Gasteiger partial charge on any atom is -0.337 e. The van der Waals surface area contributed by atoms with Gasteiger partial charge in [-0.2, -0.15) is 0 Å². The van der Waals surface area contributed by atoms with Gasteiger partial charge in [-0.25, -0.2) is 0 Å². The van der Waals surface area contributed by atoms with Gasteiger partial charge in [0.15, 0.2) is 0 Å². The van der Waals surface area contributed by atoms with E-state index in [1.165, 1.54) is 0 Å². The molecule has 1 saturated heterocycles. The van der Waals surface area contributed by atoms with Crippen molar-refractivity contribution in [2.24, 2.45) is 5.73 Å². The maximum atomic E-state index is 12.6. The van der Waals surface area contributed by atoms with E-state index in [9.17, 15) is 4.79 Å². The number of carbonyl (C=O) groups excluding carboxylic acids is 1. The van der Waals surface area contributed by atoms with Crippen LogP contribution in [0.1, 0.15) is 22.3 Å². The molecule has 1 aliphatic rings. The zero-order valence-electron chi connectivity index (χ0n) is 11.8. The smallest absolute Gasteiger partial charge is 0.255 e. The van der Waals surface area contributed by atoms with Crippen molar-refractivity contribution in [1.82, 2.24) is 14.8 Å². The summed E-state index contributed by atoms with van der Waals surface area (Å²) in [6.07, 6.45) is 4.25. The van der Waals surface area contributed by atoms with Crippen molar-refractivity contribution in [2.45, 2.75) is 6.42 Å². The van der Waals surface area contributed by atoms with Crippen LogP contribution in [0, 0.1) is 11.8 Å². The Labute approximate surface area is 119 Å². The number of hydrogen-bond acceptors (Lipinski definition) is 4. The van der Waals surface area contributed by atoms with Gasteiger partial charge >= 0.3 is 0 Å². The first-order valence-corrected chi connectivity index (χ1v) is 6.83. The van der Waals surface area contributed by atoms with Crippen LogP contribution < -0.4 is 5.73 Å². The van der Waals surface area contributed by atoms with E-state index in [1.54, 1.807) is 18.5 Å². The van der Waals surface area contributed by atoms with Gasteiger partial charge < -0.3 is 15.5 Å². The maximum absolute atomic E-state index is 12.6. The topological polar surface area (TPSA) is 62.5 Å². The standard InChI is InChI=1S/C15H20N4O/c1-18-8-3-9-19(11-10-18)15(20)14-5-7-17-12-13(14)4-2-6-16/h5,7,12H,3,6,8-11,16H2,1H3. The molecule has 0 atom stereocenters. The average molecular weight is 272 g/mol. The van der Waals surface area contributed by atoms with E-state index in [4.69, 9.17) is 5.73 Å². The van der Waals surface area contributed by atoms with Crippen LogP contribution >= 0.6 is 0 Å². The molecule has 0 aliphatic carbocycles. The highest BCUT2D eigenvalue weighted by molar-refractivity contribution is 5.96. The lowest BCUT2D eigenvalue weighted by Gasteiger charge is -2.21. The molecule has 5 heteroatoms. The molecule has 2 N–H and O–H groups in total. The Balaban J connectivity index is 2.20. The Morgan fingerprint density at radius 3 is 3.05 bits per heavy atom. The lowest BCUT2D eigenvalue weighted by molar-refractivity contribution is 0.0762. The minimum absolute atomic E-state index is 0.0315. The van der Waals surface area contributed by atoms with Crippen molar-refractivity contribution < 1.29 is 4.79 Å². The first kappa shape index (κ1) is 14.5. The summed E-state index contributed by atoms with van der Waals surface area (Å²) in [5, 5.41) is 0. The van der Waals surface area contributed by atoms with Crippen LogP contribution in [0.15, 0.2) is 18.5 Å². The summed E-state index contributed by atoms with van der Waals surface area (Å²) < 4.78 is 0. The van der Waals surface area contributed by atoms with Crippen LogP contribution in [0.2, 0.25) is 0 Å². The molecule has 106 valence electrons. The van der Waals surface area contributed by atoms with Crippen molar-refractivity contribution in [3.8, 4) is 11.8 Å². The summed E-state index contributed by atoms with van der Waals surface area (Å²) in [7, 11) is 2.08. The Morgan fingerprint density at radius 2 is 2.25 bits per heavy atom. The Bertz CT molecular complexity index is 532. The number of rotatable bonds is 1. The fourth-order valence-corrected chi connectivity index (χ4v) is 2.25. The largest absolute Gasteiger partial charge is 0.337 e. The van der Waals surface area contributed by atoms with E-state index < -0.39 is 0 Å². The lowest BCUT2D eigenvalue weighted by Crippen LogP contribution is -2.34. The second-order valence-corrected chi connectivity index (χ2v) is 4.88. The molecule has 2 heterocycles. The highest BCUT2D eigenvalue weighted by Crippen LogP contribution is 2.11. The van der Waals surface area contributed by atoms with E-state index >= 15 is 0 Å². The number of amides is 1. The van der Waals surface area contributed by atoms with Crippen LogP contribution in [0.25, 0.3) is 0 Å². The average Bonchev–Trinajstić information content (AvgIpc) is 2.69. The summed E-state index contributed by atoms with van der Waals surface area (Å²) in [6, 6.07) is 1.73. The van der Waals surface area contributed by atoms with Gasteiger partial charge in [0.2, 0.25) is 0 Å². The van der Waals surface area contributed by atoms with Crippen molar-refractivity contribution in [3.63, 3.8) is 0 Å². The van der Waals surface area contributed by atoms with Crippen LogP contribution in [0.4, 0.5) is 0 Å². The molecule has 5 nitrogen and oxygen atoms in total. The van der Waals surface area contributed by atoms with E-state index in [1.807, 2.05) is 4.90 Å². The molecular weight excluding hydrogens is 252 g/mol. The van der Waals surface area contributed by atoms with E-state index in [0.29, 0.717) is 11.1 Å². The predicted molar refractivity (Wildman–Crippen MR) is 78.2 cm³/mol. The second-order valence-electron chi connectivity index (χ2n) is 4.88. The number of nitrogens with two attached hydrogens (primary N) is 1. The molecule has 0 saturated carbocycles. The molecule has 1 aromatic heterocycles. The van der Waals surface area contributed by atoms with E-state index in [2.05, 4.69) is 28.8 Å². The molecule has 1 aliphatic heterocycles. The Morgan fingerprint density at radius 1 is 1.40 bits per heavy atom. The lowest BCUT2D eigenvalue weighted by atomic mass is 10.1. The molecule has 1 fully saturated rings. The van der Waals surface area contributed by atoms with Crippen molar-refractivity contribution in [1.29, 1.82) is 0 Å². The van der Waals surface area contributed by atoms with Gasteiger partial charge in [0, 0.05) is 32.0 Å². The van der Waals surface area contributed by atoms with Gasteiger partial charge in [-0.1, -0.05) is 11.8 Å². The molecule has 20 heavy (non-hydrogen) atoms. The molecular formula is C15H20N4O. The number of nitrogens with zero attached hydrogens (tertiary/aromatic N) is 3. The van der Waals surface area contributed by atoms with Crippen LogP contribution in [-0.2, 0) is 0 Å². The zero-order chi connectivity index (χ0) is 14.4. The molecule has 0 bridgehead atoms. The summed E-state index contributed by atoms with van der Waals surface area (Å²) in [5.74, 6) is 5.73. The highest BCUT2D eigenvalue weighted by atomic mass is 16.2. The first-order chi connectivity index (χ1) is 9.72. The summed E-state index contributed by atoms with van der Waals surface area (Å²) in [4.78, 5) is 20.8. The van der Waals surface area contributed by atoms with Crippen molar-refractivity contribution in [3.05, 3.63) is 29.6 Å². The molecule has 0 spiro atoms. The highest BCUT2D eigenvalue weighted by Gasteiger charge is 2.20. The van der Waals surface area contributed by atoms with Gasteiger partial charge in [0.05, 0.1) is 17.7 Å². The quantitative estimate of drug-likeness (QED) is 0.740. The second kappa shape index (κ2) is 7.04. The van der Waals surface area contributed by atoms with Crippen LogP contribution in [-0.4, -0.2) is 60.5 Å². The van der Waals surface area contributed by atoms with E-state index in [0.717, 1.165) is 32.6 Å². The molecule has 2 rings (SSSR count).